The Kier molecular flexibility index (Phi) is 3.14. The first-order valence-corrected chi connectivity index (χ1v) is 8.78. The lowest BCUT2D eigenvalue weighted by atomic mass is 9.83. The average molecular weight is 305 g/mol. The van der Waals surface area contributed by atoms with Crippen molar-refractivity contribution in [1.82, 2.24) is 4.90 Å². The van der Waals surface area contributed by atoms with E-state index < -0.39 is 26.2 Å². The number of rotatable bonds is 4. The fraction of sp³-hybridized carbons (Fsp3) is 0.923. The zero-order valence-corrected chi connectivity index (χ0v) is 12.4. The van der Waals surface area contributed by atoms with E-state index in [4.69, 9.17) is 4.74 Å². The molecule has 0 bridgehead atoms. The number of carbonyl (C=O) groups is 1. The lowest BCUT2D eigenvalue weighted by Crippen LogP contribution is -2.70. The molecule has 3 rings (SSSR count). The molecule has 0 radical (unpaired) electrons. The van der Waals surface area contributed by atoms with E-state index in [2.05, 4.69) is 0 Å². The Morgan fingerprint density at radius 2 is 2.05 bits per heavy atom. The fourth-order valence-corrected chi connectivity index (χ4v) is 5.72. The molecule has 5 nitrogen and oxygen atoms in total. The zero-order valence-electron chi connectivity index (χ0n) is 11.6. The summed E-state index contributed by atoms with van der Waals surface area (Å²) in [6.07, 6.45) is 1.11. The molecular formula is C13H20FNO4S. The van der Waals surface area contributed by atoms with Gasteiger partial charge < -0.3 is 9.64 Å². The summed E-state index contributed by atoms with van der Waals surface area (Å²) in [6.45, 7) is 3.09. The van der Waals surface area contributed by atoms with Crippen molar-refractivity contribution in [2.75, 3.05) is 32.1 Å². The highest BCUT2D eigenvalue weighted by Gasteiger charge is 2.65. The first-order valence-electron chi connectivity index (χ1n) is 7.13. The minimum absolute atomic E-state index is 0.0775. The lowest BCUT2D eigenvalue weighted by Gasteiger charge is -2.50. The Morgan fingerprint density at radius 3 is 2.60 bits per heavy atom. The van der Waals surface area contributed by atoms with Crippen LogP contribution >= 0.6 is 0 Å². The molecular weight excluding hydrogens is 285 g/mol. The van der Waals surface area contributed by atoms with Gasteiger partial charge in [-0.15, -0.1) is 0 Å². The number of hydrogen-bond donors (Lipinski definition) is 0. The molecule has 0 aromatic rings. The predicted octanol–water partition coefficient (Wildman–Crippen LogP) is 0.541. The van der Waals surface area contributed by atoms with Crippen LogP contribution in [-0.2, 0) is 19.4 Å². The van der Waals surface area contributed by atoms with E-state index in [1.54, 1.807) is 0 Å². The summed E-state index contributed by atoms with van der Waals surface area (Å²) in [5.74, 6) is -0.459. The summed E-state index contributed by atoms with van der Waals surface area (Å²) >= 11 is 0. The number of halogens is 1. The van der Waals surface area contributed by atoms with Crippen molar-refractivity contribution in [3.8, 4) is 0 Å². The monoisotopic (exact) mass is 305 g/mol. The number of alkyl halides is 1. The molecule has 2 saturated heterocycles. The third-order valence-corrected chi connectivity index (χ3v) is 7.50. The van der Waals surface area contributed by atoms with Crippen molar-refractivity contribution >= 4 is 15.7 Å². The molecule has 114 valence electrons. The van der Waals surface area contributed by atoms with E-state index in [1.165, 1.54) is 4.90 Å². The molecule has 3 aliphatic rings. The Balaban J connectivity index is 1.73. The van der Waals surface area contributed by atoms with E-state index >= 15 is 0 Å². The molecule has 1 amide bonds. The maximum atomic E-state index is 13.8. The maximum Gasteiger partial charge on any atom is 0.260 e. The number of likely N-dealkylation sites (tertiary alicyclic amines) is 1. The zero-order chi connectivity index (χ0) is 14.6. The Hall–Kier alpha value is -0.690. The Labute approximate surface area is 118 Å². The van der Waals surface area contributed by atoms with Crippen molar-refractivity contribution in [2.24, 2.45) is 5.92 Å². The van der Waals surface area contributed by atoms with Gasteiger partial charge in [-0.25, -0.2) is 12.8 Å². The van der Waals surface area contributed by atoms with Crippen LogP contribution in [0.15, 0.2) is 0 Å². The summed E-state index contributed by atoms with van der Waals surface area (Å²) in [6, 6.07) is 0. The summed E-state index contributed by atoms with van der Waals surface area (Å²) in [4.78, 5) is 13.3. The number of sulfone groups is 1. The lowest BCUT2D eigenvalue weighted by molar-refractivity contribution is -0.145. The number of carbonyl (C=O) groups excluding carboxylic acids is 1. The van der Waals surface area contributed by atoms with Gasteiger partial charge in [0.05, 0.1) is 12.4 Å². The number of amides is 1. The normalized spacial score (nSPS) is 32.1. The molecule has 0 aromatic carbocycles. The van der Waals surface area contributed by atoms with E-state index in [1.807, 2.05) is 6.92 Å². The largest absolute Gasteiger partial charge is 0.381 e. The fourth-order valence-electron chi connectivity index (χ4n) is 3.32. The topological polar surface area (TPSA) is 63.7 Å². The van der Waals surface area contributed by atoms with Crippen molar-refractivity contribution in [3.63, 3.8) is 0 Å². The molecule has 2 aliphatic heterocycles. The Morgan fingerprint density at radius 1 is 1.40 bits per heavy atom. The van der Waals surface area contributed by atoms with Crippen LogP contribution in [0.25, 0.3) is 0 Å². The molecule has 1 saturated carbocycles. The number of nitrogens with zero attached hydrogens (tertiary/aromatic N) is 1. The molecule has 1 atom stereocenters. The van der Waals surface area contributed by atoms with Crippen molar-refractivity contribution in [2.45, 2.75) is 36.6 Å². The SMILES string of the molecule is CCOC[C@H]1CCS(=O)(=O)C12CN(C(=O)C1(F)CC1)C2. The quantitative estimate of drug-likeness (QED) is 0.760. The van der Waals surface area contributed by atoms with Crippen LogP contribution in [0.5, 0.6) is 0 Å². The van der Waals surface area contributed by atoms with Gasteiger partial charge in [0.1, 0.15) is 4.75 Å². The van der Waals surface area contributed by atoms with Gasteiger partial charge in [0, 0.05) is 25.6 Å². The van der Waals surface area contributed by atoms with Crippen LogP contribution in [0.4, 0.5) is 4.39 Å². The van der Waals surface area contributed by atoms with Crippen LogP contribution in [0, 0.1) is 5.92 Å². The van der Waals surface area contributed by atoms with Crippen molar-refractivity contribution in [3.05, 3.63) is 0 Å². The predicted molar refractivity (Wildman–Crippen MR) is 70.8 cm³/mol. The second kappa shape index (κ2) is 4.40. The molecule has 0 aromatic heterocycles. The summed E-state index contributed by atoms with van der Waals surface area (Å²) in [5, 5.41) is 0. The summed E-state index contributed by atoms with van der Waals surface area (Å²) in [7, 11) is -3.22. The first kappa shape index (κ1) is 14.3. The van der Waals surface area contributed by atoms with Gasteiger partial charge in [0.2, 0.25) is 0 Å². The van der Waals surface area contributed by atoms with E-state index in [9.17, 15) is 17.6 Å². The summed E-state index contributed by atoms with van der Waals surface area (Å²) < 4.78 is 42.8. The standard InChI is InChI=1S/C13H20FNO4S/c1-2-19-7-10-3-6-20(17,18)13(10)8-15(9-13)11(16)12(14)4-5-12/h10H,2-9H2,1H3/t10-/m1/s1. The van der Waals surface area contributed by atoms with E-state index in [-0.39, 0.29) is 37.6 Å². The first-order chi connectivity index (χ1) is 9.35. The van der Waals surface area contributed by atoms with Gasteiger partial charge in [-0.05, 0) is 26.2 Å². The van der Waals surface area contributed by atoms with E-state index in [0.29, 0.717) is 19.6 Å². The Bertz CT molecular complexity index is 522. The van der Waals surface area contributed by atoms with E-state index in [0.717, 1.165) is 0 Å². The minimum atomic E-state index is -3.22. The third-order valence-electron chi connectivity index (χ3n) is 4.90. The third kappa shape index (κ3) is 1.89. The van der Waals surface area contributed by atoms with Gasteiger partial charge >= 0.3 is 0 Å². The molecule has 20 heavy (non-hydrogen) atoms. The van der Waals surface area contributed by atoms with Gasteiger partial charge in [0.25, 0.3) is 5.91 Å². The van der Waals surface area contributed by atoms with Gasteiger partial charge in [-0.3, -0.25) is 4.79 Å². The molecule has 1 spiro atoms. The molecule has 0 unspecified atom stereocenters. The van der Waals surface area contributed by atoms with Crippen LogP contribution in [-0.4, -0.2) is 61.7 Å². The van der Waals surface area contributed by atoms with Crippen LogP contribution in [0.3, 0.4) is 0 Å². The van der Waals surface area contributed by atoms with Gasteiger partial charge in [-0.1, -0.05) is 0 Å². The second-order valence-electron chi connectivity index (χ2n) is 6.16. The summed E-state index contributed by atoms with van der Waals surface area (Å²) in [5.41, 5.74) is -1.71. The maximum absolute atomic E-state index is 13.8. The smallest absolute Gasteiger partial charge is 0.260 e. The molecule has 2 heterocycles. The number of hydrogen-bond acceptors (Lipinski definition) is 4. The molecule has 1 aliphatic carbocycles. The molecule has 0 N–H and O–H groups in total. The highest BCUT2D eigenvalue weighted by molar-refractivity contribution is 7.93. The second-order valence-corrected chi connectivity index (χ2v) is 8.61. The van der Waals surface area contributed by atoms with Crippen LogP contribution in [0.2, 0.25) is 0 Å². The van der Waals surface area contributed by atoms with Crippen LogP contribution in [0.1, 0.15) is 26.2 Å². The van der Waals surface area contributed by atoms with Gasteiger partial charge in [-0.2, -0.15) is 0 Å². The minimum Gasteiger partial charge on any atom is -0.381 e. The van der Waals surface area contributed by atoms with Crippen molar-refractivity contribution in [1.29, 1.82) is 0 Å². The van der Waals surface area contributed by atoms with Crippen LogP contribution < -0.4 is 0 Å². The molecule has 7 heteroatoms. The highest BCUT2D eigenvalue weighted by atomic mass is 32.2. The highest BCUT2D eigenvalue weighted by Crippen LogP contribution is 2.48. The average Bonchev–Trinajstić information content (AvgIpc) is 3.02. The number of ether oxygens (including phenoxy) is 1. The molecule has 3 fully saturated rings. The van der Waals surface area contributed by atoms with Crippen molar-refractivity contribution < 1.29 is 22.3 Å². The van der Waals surface area contributed by atoms with Gasteiger partial charge in [0.15, 0.2) is 15.5 Å².